The maximum Gasteiger partial charge on any atom is 0.260 e. The minimum atomic E-state index is -0.127. The second-order valence-electron chi connectivity index (χ2n) is 6.50. The minimum Gasteiger partial charge on any atom is -0.497 e. The van der Waals surface area contributed by atoms with Crippen LogP contribution in [0.15, 0.2) is 48.7 Å². The van der Waals surface area contributed by atoms with Gasteiger partial charge in [0.1, 0.15) is 5.75 Å². The molecule has 4 rings (SSSR count). The quantitative estimate of drug-likeness (QED) is 0.706. The Labute approximate surface area is 151 Å². The second kappa shape index (κ2) is 6.33. The Balaban J connectivity index is 1.86. The number of rotatable bonds is 2. The zero-order chi connectivity index (χ0) is 18.3. The molecule has 26 heavy (non-hydrogen) atoms. The Morgan fingerprint density at radius 2 is 1.92 bits per heavy atom. The molecular weight excluding hydrogens is 328 g/mol. The smallest absolute Gasteiger partial charge is 0.260 e. The van der Waals surface area contributed by atoms with E-state index in [1.54, 1.807) is 19.4 Å². The lowest BCUT2D eigenvalue weighted by Gasteiger charge is -2.29. The van der Waals surface area contributed by atoms with E-state index in [4.69, 9.17) is 4.74 Å². The number of carbonyl (C=O) groups excluding carboxylic acids is 2. The van der Waals surface area contributed by atoms with Crippen LogP contribution in [0.5, 0.6) is 5.75 Å². The van der Waals surface area contributed by atoms with Crippen LogP contribution in [0.4, 0.5) is 5.69 Å². The Bertz CT molecular complexity index is 1020. The van der Waals surface area contributed by atoms with Crippen LogP contribution >= 0.6 is 0 Å². The first-order chi connectivity index (χ1) is 12.6. The zero-order valence-electron chi connectivity index (χ0n) is 14.9. The normalized spacial score (nSPS) is 13.5. The number of benzene rings is 2. The number of carbonyl (C=O) groups is 2. The molecule has 0 atom stereocenters. The highest BCUT2D eigenvalue weighted by Crippen LogP contribution is 2.32. The molecule has 5 nitrogen and oxygen atoms in total. The fourth-order valence-electron chi connectivity index (χ4n) is 3.66. The average molecular weight is 348 g/mol. The van der Waals surface area contributed by atoms with Crippen molar-refractivity contribution in [1.82, 2.24) is 4.57 Å². The molecule has 0 N–H and O–H groups in total. The molecule has 2 heterocycles. The minimum absolute atomic E-state index is 0.0876. The Morgan fingerprint density at radius 3 is 2.69 bits per heavy atom. The molecule has 1 amide bonds. The molecule has 0 spiro atoms. The summed E-state index contributed by atoms with van der Waals surface area (Å²) in [5.41, 5.74) is 3.37. The molecule has 5 heteroatoms. The topological polar surface area (TPSA) is 51.5 Å². The van der Waals surface area contributed by atoms with Crippen LogP contribution in [0, 0.1) is 0 Å². The van der Waals surface area contributed by atoms with Crippen LogP contribution in [0.2, 0.25) is 0 Å². The fourth-order valence-corrected chi connectivity index (χ4v) is 3.66. The third kappa shape index (κ3) is 2.56. The van der Waals surface area contributed by atoms with Gasteiger partial charge in [0.2, 0.25) is 5.91 Å². The van der Waals surface area contributed by atoms with Crippen LogP contribution in [0.3, 0.4) is 0 Å². The molecule has 0 unspecified atom stereocenters. The van der Waals surface area contributed by atoms with Gasteiger partial charge in [-0.3, -0.25) is 14.2 Å². The van der Waals surface area contributed by atoms with Crippen molar-refractivity contribution in [2.24, 2.45) is 0 Å². The lowest BCUT2D eigenvalue weighted by Crippen LogP contribution is -2.35. The number of ether oxygens (including phenoxy) is 1. The predicted molar refractivity (Wildman–Crippen MR) is 101 cm³/mol. The van der Waals surface area contributed by atoms with Crippen molar-refractivity contribution in [1.29, 1.82) is 0 Å². The molecule has 0 saturated heterocycles. The number of anilines is 1. The van der Waals surface area contributed by atoms with Crippen molar-refractivity contribution < 1.29 is 14.3 Å². The summed E-state index contributed by atoms with van der Waals surface area (Å²) in [4.78, 5) is 27.2. The van der Waals surface area contributed by atoms with Crippen LogP contribution in [0.25, 0.3) is 10.9 Å². The molecule has 0 radical (unpaired) electrons. The van der Waals surface area contributed by atoms with Crippen LogP contribution < -0.4 is 9.64 Å². The summed E-state index contributed by atoms with van der Waals surface area (Å²) in [6.45, 7) is 2.17. The lowest BCUT2D eigenvalue weighted by atomic mass is 10.0. The number of amides is 1. The molecular formula is C21H20N2O3. The van der Waals surface area contributed by atoms with Crippen molar-refractivity contribution in [3.05, 3.63) is 59.8 Å². The van der Waals surface area contributed by atoms with E-state index >= 15 is 0 Å². The van der Waals surface area contributed by atoms with Crippen LogP contribution in [-0.4, -0.2) is 30.0 Å². The maximum absolute atomic E-state index is 13.4. The van der Waals surface area contributed by atoms with Gasteiger partial charge in [-0.25, -0.2) is 0 Å². The van der Waals surface area contributed by atoms with Crippen molar-refractivity contribution in [3.8, 4) is 5.75 Å². The number of aryl methyl sites for hydroxylation is 1. The van der Waals surface area contributed by atoms with E-state index in [1.165, 1.54) is 17.1 Å². The predicted octanol–water partition coefficient (Wildman–Crippen LogP) is 3.90. The molecule has 132 valence electrons. The third-order valence-electron chi connectivity index (χ3n) is 4.94. The van der Waals surface area contributed by atoms with Gasteiger partial charge < -0.3 is 9.64 Å². The van der Waals surface area contributed by atoms with E-state index in [0.717, 1.165) is 23.9 Å². The molecule has 1 aliphatic rings. The fraction of sp³-hybridized carbons (Fsp3) is 0.238. The average Bonchev–Trinajstić information content (AvgIpc) is 3.06. The number of methoxy groups -OCH3 is 1. The third-order valence-corrected chi connectivity index (χ3v) is 4.94. The zero-order valence-corrected chi connectivity index (χ0v) is 14.9. The molecule has 1 aliphatic heterocycles. The summed E-state index contributed by atoms with van der Waals surface area (Å²) in [5, 5.41) is 0.729. The number of nitrogens with zero attached hydrogens (tertiary/aromatic N) is 2. The molecule has 0 saturated carbocycles. The molecule has 2 aromatic carbocycles. The first kappa shape index (κ1) is 16.4. The van der Waals surface area contributed by atoms with Crippen molar-refractivity contribution in [2.75, 3.05) is 18.6 Å². The molecule has 0 bridgehead atoms. The van der Waals surface area contributed by atoms with E-state index in [9.17, 15) is 9.59 Å². The van der Waals surface area contributed by atoms with Gasteiger partial charge in [-0.15, -0.1) is 0 Å². The highest BCUT2D eigenvalue weighted by atomic mass is 16.5. The number of para-hydroxylation sites is 1. The number of hydrogen-bond donors (Lipinski definition) is 0. The number of aromatic nitrogens is 1. The van der Waals surface area contributed by atoms with Gasteiger partial charge in [-0.2, -0.15) is 0 Å². The first-order valence-corrected chi connectivity index (χ1v) is 8.70. The van der Waals surface area contributed by atoms with Gasteiger partial charge >= 0.3 is 0 Å². The maximum atomic E-state index is 13.4. The summed E-state index contributed by atoms with van der Waals surface area (Å²) in [7, 11) is 1.59. The standard InChI is InChI=1S/C21H20N2O3/c1-14(24)23-13-18(17-12-16(26-2)9-10-20(17)23)21(25)22-11-5-7-15-6-3-4-8-19(15)22/h3-4,6,8-10,12-13H,5,7,11H2,1-2H3. The Morgan fingerprint density at radius 1 is 1.12 bits per heavy atom. The van der Waals surface area contributed by atoms with Crippen molar-refractivity contribution >= 4 is 28.4 Å². The van der Waals surface area contributed by atoms with E-state index in [1.807, 2.05) is 35.2 Å². The Kier molecular flexibility index (Phi) is 3.99. The van der Waals surface area contributed by atoms with E-state index in [0.29, 0.717) is 23.4 Å². The number of hydrogen-bond acceptors (Lipinski definition) is 3. The first-order valence-electron chi connectivity index (χ1n) is 8.70. The van der Waals surface area contributed by atoms with Crippen molar-refractivity contribution in [3.63, 3.8) is 0 Å². The van der Waals surface area contributed by atoms with Crippen LogP contribution in [0.1, 0.15) is 34.1 Å². The highest BCUT2D eigenvalue weighted by Gasteiger charge is 2.26. The molecule has 0 aliphatic carbocycles. The largest absolute Gasteiger partial charge is 0.497 e. The van der Waals surface area contributed by atoms with E-state index in [2.05, 4.69) is 6.07 Å². The van der Waals surface area contributed by atoms with Gasteiger partial charge in [-0.05, 0) is 42.7 Å². The summed E-state index contributed by atoms with van der Waals surface area (Å²) in [6.07, 6.45) is 3.55. The van der Waals surface area contributed by atoms with Gasteiger partial charge in [0, 0.05) is 30.7 Å². The highest BCUT2D eigenvalue weighted by molar-refractivity contribution is 6.16. The summed E-state index contributed by atoms with van der Waals surface area (Å²) in [6, 6.07) is 13.4. The van der Waals surface area contributed by atoms with Gasteiger partial charge in [0.15, 0.2) is 0 Å². The Hall–Kier alpha value is -3.08. The summed E-state index contributed by atoms with van der Waals surface area (Å²) >= 11 is 0. The summed E-state index contributed by atoms with van der Waals surface area (Å²) in [5.74, 6) is 0.445. The monoisotopic (exact) mass is 348 g/mol. The van der Waals surface area contributed by atoms with Crippen molar-refractivity contribution in [2.45, 2.75) is 19.8 Å². The second-order valence-corrected chi connectivity index (χ2v) is 6.50. The SMILES string of the molecule is COc1ccc2c(c1)c(C(=O)N1CCCc3ccccc31)cn2C(C)=O. The van der Waals surface area contributed by atoms with Gasteiger partial charge in [-0.1, -0.05) is 18.2 Å². The van der Waals surface area contributed by atoms with Crippen LogP contribution in [-0.2, 0) is 6.42 Å². The van der Waals surface area contributed by atoms with Gasteiger partial charge in [0.25, 0.3) is 5.91 Å². The summed E-state index contributed by atoms with van der Waals surface area (Å²) < 4.78 is 6.84. The van der Waals surface area contributed by atoms with E-state index < -0.39 is 0 Å². The molecule has 1 aromatic heterocycles. The number of fused-ring (bicyclic) bond motifs is 2. The molecule has 3 aromatic rings. The van der Waals surface area contributed by atoms with E-state index in [-0.39, 0.29) is 11.8 Å². The lowest BCUT2D eigenvalue weighted by molar-refractivity contribution is 0.0941. The van der Waals surface area contributed by atoms with Gasteiger partial charge in [0.05, 0.1) is 18.2 Å². The molecule has 0 fully saturated rings.